The number of nitrogens with zero attached hydrogens (tertiary/aromatic N) is 4. The predicted molar refractivity (Wildman–Crippen MR) is 105 cm³/mol. The molecular formula is C19H31F3N6. The average molecular weight is 400 g/mol. The Bertz CT molecular complexity index is 585. The molecule has 1 aromatic rings. The van der Waals surface area contributed by atoms with Gasteiger partial charge in [0.05, 0.1) is 18.8 Å². The van der Waals surface area contributed by atoms with Crippen molar-refractivity contribution in [1.29, 1.82) is 0 Å². The molecule has 9 heteroatoms. The van der Waals surface area contributed by atoms with E-state index >= 15 is 0 Å². The van der Waals surface area contributed by atoms with E-state index in [0.29, 0.717) is 25.1 Å². The molecule has 0 aromatic carbocycles. The van der Waals surface area contributed by atoms with Crippen LogP contribution in [-0.2, 0) is 6.54 Å². The van der Waals surface area contributed by atoms with Gasteiger partial charge in [0.15, 0.2) is 5.96 Å². The summed E-state index contributed by atoms with van der Waals surface area (Å²) in [5.41, 5.74) is 1.08. The van der Waals surface area contributed by atoms with Gasteiger partial charge in [-0.05, 0) is 38.9 Å². The molecule has 0 spiro atoms. The largest absolute Gasteiger partial charge is 0.401 e. The van der Waals surface area contributed by atoms with Crippen molar-refractivity contribution < 1.29 is 13.2 Å². The molecule has 6 nitrogen and oxygen atoms in total. The first-order valence-corrected chi connectivity index (χ1v) is 9.78. The summed E-state index contributed by atoms with van der Waals surface area (Å²) in [4.78, 5) is 12.4. The Morgan fingerprint density at radius 2 is 2.07 bits per heavy atom. The van der Waals surface area contributed by atoms with Crippen LogP contribution in [0.3, 0.4) is 0 Å². The van der Waals surface area contributed by atoms with E-state index in [-0.39, 0.29) is 6.54 Å². The van der Waals surface area contributed by atoms with Gasteiger partial charge in [-0.2, -0.15) is 13.2 Å². The number of rotatable bonds is 8. The normalized spacial score (nSPS) is 17.1. The summed E-state index contributed by atoms with van der Waals surface area (Å²) in [6.07, 6.45) is -0.379. The van der Waals surface area contributed by atoms with Crippen molar-refractivity contribution in [3.8, 4) is 0 Å². The van der Waals surface area contributed by atoms with Gasteiger partial charge in [-0.25, -0.2) is 0 Å². The summed E-state index contributed by atoms with van der Waals surface area (Å²) in [6, 6.07) is 6.27. The van der Waals surface area contributed by atoms with Crippen molar-refractivity contribution in [2.45, 2.75) is 38.5 Å². The molecule has 0 radical (unpaired) electrons. The number of nitrogens with one attached hydrogen (secondary N) is 2. The molecular weight excluding hydrogens is 369 g/mol. The second kappa shape index (κ2) is 11.2. The lowest BCUT2D eigenvalue weighted by Crippen LogP contribution is -2.48. The Morgan fingerprint density at radius 1 is 1.32 bits per heavy atom. The van der Waals surface area contributed by atoms with E-state index in [4.69, 9.17) is 0 Å². The molecule has 1 aromatic heterocycles. The van der Waals surface area contributed by atoms with Crippen LogP contribution in [0.2, 0.25) is 0 Å². The molecule has 0 amide bonds. The van der Waals surface area contributed by atoms with Crippen molar-refractivity contribution >= 4 is 5.96 Å². The summed E-state index contributed by atoms with van der Waals surface area (Å²) >= 11 is 0. The fourth-order valence-corrected chi connectivity index (χ4v) is 3.19. The van der Waals surface area contributed by atoms with E-state index in [1.165, 1.54) is 11.9 Å². The van der Waals surface area contributed by atoms with Crippen LogP contribution in [0.4, 0.5) is 13.2 Å². The summed E-state index contributed by atoms with van der Waals surface area (Å²) in [5, 5.41) is 6.60. The molecule has 0 saturated carbocycles. The monoisotopic (exact) mass is 400 g/mol. The third kappa shape index (κ3) is 8.88. The number of alkyl halides is 3. The average Bonchev–Trinajstić information content (AvgIpc) is 2.63. The molecule has 0 atom stereocenters. The van der Waals surface area contributed by atoms with E-state index in [9.17, 15) is 13.2 Å². The van der Waals surface area contributed by atoms with Gasteiger partial charge in [-0.3, -0.25) is 19.8 Å². The lowest BCUT2D eigenvalue weighted by molar-refractivity contribution is -0.142. The Hall–Kier alpha value is -1.87. The highest BCUT2D eigenvalue weighted by molar-refractivity contribution is 5.80. The molecule has 0 unspecified atom stereocenters. The summed E-state index contributed by atoms with van der Waals surface area (Å²) < 4.78 is 37.1. The number of halogens is 3. The van der Waals surface area contributed by atoms with E-state index in [1.54, 1.807) is 0 Å². The van der Waals surface area contributed by atoms with E-state index in [2.05, 4.69) is 25.5 Å². The second-order valence-corrected chi connectivity index (χ2v) is 7.13. The van der Waals surface area contributed by atoms with Crippen LogP contribution in [0.25, 0.3) is 0 Å². The number of likely N-dealkylation sites (N-methyl/N-ethyl adjacent to an activating group) is 1. The van der Waals surface area contributed by atoms with Gasteiger partial charge in [0, 0.05) is 45.0 Å². The number of piperidine rings is 1. The highest BCUT2D eigenvalue weighted by Crippen LogP contribution is 2.15. The van der Waals surface area contributed by atoms with E-state index in [1.807, 2.05) is 31.3 Å². The summed E-state index contributed by atoms with van der Waals surface area (Å²) in [7, 11) is 1.46. The number of likely N-dealkylation sites (tertiary alicyclic amines) is 1. The molecule has 0 bridgehead atoms. The Morgan fingerprint density at radius 3 is 2.68 bits per heavy atom. The zero-order chi connectivity index (χ0) is 20.4. The van der Waals surface area contributed by atoms with Gasteiger partial charge >= 0.3 is 6.18 Å². The first kappa shape index (κ1) is 22.4. The number of aliphatic imine (C=N–C) groups is 1. The number of hydrogen-bond acceptors (Lipinski definition) is 4. The van der Waals surface area contributed by atoms with Crippen LogP contribution in [-0.4, -0.2) is 79.3 Å². The molecule has 1 aliphatic rings. The van der Waals surface area contributed by atoms with Crippen molar-refractivity contribution in [2.24, 2.45) is 4.99 Å². The third-order valence-corrected chi connectivity index (χ3v) is 4.59. The predicted octanol–water partition coefficient (Wildman–Crippen LogP) is 2.10. The van der Waals surface area contributed by atoms with Crippen LogP contribution in [0.15, 0.2) is 29.4 Å². The Kier molecular flexibility index (Phi) is 8.98. The van der Waals surface area contributed by atoms with Gasteiger partial charge < -0.3 is 10.6 Å². The molecule has 1 saturated heterocycles. The van der Waals surface area contributed by atoms with E-state index < -0.39 is 12.7 Å². The van der Waals surface area contributed by atoms with Crippen molar-refractivity contribution in [3.63, 3.8) is 0 Å². The summed E-state index contributed by atoms with van der Waals surface area (Å²) in [6.45, 7) is 5.16. The Balaban J connectivity index is 1.74. The zero-order valence-corrected chi connectivity index (χ0v) is 16.7. The van der Waals surface area contributed by atoms with Crippen molar-refractivity contribution in [1.82, 2.24) is 25.4 Å². The molecule has 0 aliphatic carbocycles. The molecule has 2 N–H and O–H groups in total. The fourth-order valence-electron chi connectivity index (χ4n) is 3.19. The number of pyridine rings is 1. The zero-order valence-electron chi connectivity index (χ0n) is 16.7. The van der Waals surface area contributed by atoms with Crippen molar-refractivity contribution in [2.75, 3.05) is 46.3 Å². The highest BCUT2D eigenvalue weighted by atomic mass is 19.4. The van der Waals surface area contributed by atoms with E-state index in [0.717, 1.165) is 38.2 Å². The van der Waals surface area contributed by atoms with Crippen LogP contribution < -0.4 is 10.6 Å². The van der Waals surface area contributed by atoms with Crippen LogP contribution in [0.5, 0.6) is 0 Å². The molecule has 1 fully saturated rings. The lowest BCUT2D eigenvalue weighted by atomic mass is 10.0. The molecule has 1 aliphatic heterocycles. The quantitative estimate of drug-likeness (QED) is 0.517. The standard InChI is InChI=1S/C19H31F3N6/c1-3-23-18(25-10-13-27(2)15-19(20,21)22)26-16-7-11-28(12-8-16)14-17-6-4-5-9-24-17/h4-6,9,16H,3,7-8,10-15H2,1-2H3,(H2,23,25,26). The smallest absolute Gasteiger partial charge is 0.357 e. The molecule has 158 valence electrons. The van der Waals surface area contributed by atoms with Gasteiger partial charge in [0.2, 0.25) is 0 Å². The Labute approximate surface area is 165 Å². The minimum absolute atomic E-state index is 0.263. The maximum atomic E-state index is 12.4. The van der Waals surface area contributed by atoms with Crippen LogP contribution >= 0.6 is 0 Å². The minimum atomic E-state index is -4.18. The number of guanidine groups is 1. The number of aromatic nitrogens is 1. The summed E-state index contributed by atoms with van der Waals surface area (Å²) in [5.74, 6) is 0.672. The van der Waals surface area contributed by atoms with Gasteiger partial charge in [-0.1, -0.05) is 6.07 Å². The van der Waals surface area contributed by atoms with Gasteiger partial charge in [0.1, 0.15) is 0 Å². The first-order valence-electron chi connectivity index (χ1n) is 9.78. The SMILES string of the molecule is CCNC(=NCCN(C)CC(F)(F)F)NC1CCN(Cc2ccccn2)CC1. The molecule has 2 heterocycles. The topological polar surface area (TPSA) is 55.8 Å². The molecule has 2 rings (SSSR count). The third-order valence-electron chi connectivity index (χ3n) is 4.59. The maximum absolute atomic E-state index is 12.4. The first-order chi connectivity index (χ1) is 13.4. The van der Waals surface area contributed by atoms with Crippen LogP contribution in [0.1, 0.15) is 25.5 Å². The van der Waals surface area contributed by atoms with Gasteiger partial charge in [-0.15, -0.1) is 0 Å². The highest BCUT2D eigenvalue weighted by Gasteiger charge is 2.28. The molecule has 28 heavy (non-hydrogen) atoms. The van der Waals surface area contributed by atoms with Gasteiger partial charge in [0.25, 0.3) is 0 Å². The second-order valence-electron chi connectivity index (χ2n) is 7.13. The minimum Gasteiger partial charge on any atom is -0.357 e. The maximum Gasteiger partial charge on any atom is 0.401 e. The fraction of sp³-hybridized carbons (Fsp3) is 0.684. The lowest BCUT2D eigenvalue weighted by Gasteiger charge is -2.32. The van der Waals surface area contributed by atoms with Crippen LogP contribution in [0, 0.1) is 0 Å². The van der Waals surface area contributed by atoms with Crippen molar-refractivity contribution in [3.05, 3.63) is 30.1 Å². The number of hydrogen-bond donors (Lipinski definition) is 2.